The van der Waals surface area contributed by atoms with Gasteiger partial charge in [-0.2, -0.15) is 0 Å². The minimum atomic E-state index is -3.77. The summed E-state index contributed by atoms with van der Waals surface area (Å²) in [5.74, 6) is -0.273. The average Bonchev–Trinajstić information content (AvgIpc) is 3.19. The number of anilines is 1. The molecule has 0 aliphatic carbocycles. The van der Waals surface area contributed by atoms with Crippen LogP contribution in [0.25, 0.3) is 0 Å². The van der Waals surface area contributed by atoms with Crippen molar-refractivity contribution in [2.45, 2.75) is 38.0 Å². The Bertz CT molecular complexity index is 1110. The van der Waals surface area contributed by atoms with Crippen molar-refractivity contribution < 1.29 is 13.2 Å². The van der Waals surface area contributed by atoms with E-state index in [2.05, 4.69) is 10.3 Å². The third kappa shape index (κ3) is 5.92. The quantitative estimate of drug-likeness (QED) is 0.457. The normalized spacial score (nSPS) is 11.3. The highest BCUT2D eigenvalue weighted by molar-refractivity contribution is 7.92. The summed E-state index contributed by atoms with van der Waals surface area (Å²) in [6, 6.07) is 15.1. The fourth-order valence-corrected chi connectivity index (χ4v) is 5.57. The third-order valence-corrected chi connectivity index (χ3v) is 7.71. The highest BCUT2D eigenvalue weighted by Crippen LogP contribution is 2.23. The number of hydrogen-bond acceptors (Lipinski definition) is 5. The summed E-state index contributed by atoms with van der Waals surface area (Å²) < 4.78 is 27.7. The number of thiazole rings is 1. The van der Waals surface area contributed by atoms with Gasteiger partial charge in [-0.3, -0.25) is 9.10 Å². The van der Waals surface area contributed by atoms with Crippen LogP contribution in [0.3, 0.4) is 0 Å². The molecule has 2 aromatic carbocycles. The third-order valence-electron chi connectivity index (χ3n) is 4.79. The van der Waals surface area contributed by atoms with Crippen molar-refractivity contribution in [3.63, 3.8) is 0 Å². The van der Waals surface area contributed by atoms with Crippen LogP contribution in [0.5, 0.6) is 0 Å². The van der Waals surface area contributed by atoms with Gasteiger partial charge in [0.2, 0.25) is 0 Å². The summed E-state index contributed by atoms with van der Waals surface area (Å²) in [4.78, 5) is 17.1. The first-order valence-corrected chi connectivity index (χ1v) is 12.6. The van der Waals surface area contributed by atoms with E-state index >= 15 is 0 Å². The Hall–Kier alpha value is -2.71. The maximum Gasteiger partial charge on any atom is 0.264 e. The van der Waals surface area contributed by atoms with Gasteiger partial charge in [-0.25, -0.2) is 13.4 Å². The minimum absolute atomic E-state index is 0.102. The summed E-state index contributed by atoms with van der Waals surface area (Å²) in [6.07, 6.45) is 2.67. The Morgan fingerprint density at radius 2 is 1.87 bits per heavy atom. The van der Waals surface area contributed by atoms with E-state index in [-0.39, 0.29) is 10.8 Å². The second kappa shape index (κ2) is 10.5. The molecule has 1 amide bonds. The topological polar surface area (TPSA) is 79.4 Å². The molecule has 164 valence electrons. The molecule has 0 unspecified atom stereocenters. The van der Waals surface area contributed by atoms with Gasteiger partial charge in [-0.05, 0) is 63.4 Å². The first kappa shape index (κ1) is 23.0. The molecule has 1 heterocycles. The van der Waals surface area contributed by atoms with Crippen molar-refractivity contribution in [2.24, 2.45) is 0 Å². The van der Waals surface area contributed by atoms with E-state index in [0.29, 0.717) is 24.3 Å². The molecule has 8 heteroatoms. The lowest BCUT2D eigenvalue weighted by Gasteiger charge is -2.23. The van der Waals surface area contributed by atoms with Crippen molar-refractivity contribution in [3.05, 3.63) is 76.2 Å². The number of sulfonamides is 1. The summed E-state index contributed by atoms with van der Waals surface area (Å²) in [5.41, 5.74) is 1.97. The van der Waals surface area contributed by atoms with Crippen molar-refractivity contribution in [3.8, 4) is 0 Å². The van der Waals surface area contributed by atoms with Crippen LogP contribution in [0.1, 0.15) is 40.8 Å². The van der Waals surface area contributed by atoms with Crippen LogP contribution in [0.15, 0.2) is 64.9 Å². The van der Waals surface area contributed by atoms with Gasteiger partial charge in [-0.15, -0.1) is 11.3 Å². The number of aromatic nitrogens is 1. The molecule has 1 aromatic heterocycles. The fraction of sp³-hybridized carbons (Fsp3) is 0.304. The van der Waals surface area contributed by atoms with Crippen molar-refractivity contribution in [2.75, 3.05) is 17.4 Å². The monoisotopic (exact) mass is 457 g/mol. The lowest BCUT2D eigenvalue weighted by Crippen LogP contribution is -2.31. The smallest absolute Gasteiger partial charge is 0.264 e. The maximum absolute atomic E-state index is 13.2. The number of nitrogens with one attached hydrogen (secondary N) is 1. The SMILES string of the molecule is CCN(c1ccccc1)S(=O)(=O)c1cccc(C(=O)NCCCCc2nc(C)cs2)c1. The van der Waals surface area contributed by atoms with Crippen LogP contribution in [0, 0.1) is 6.92 Å². The number of aryl methyl sites for hydroxylation is 2. The molecule has 0 aliphatic rings. The van der Waals surface area contributed by atoms with Crippen molar-refractivity contribution in [1.29, 1.82) is 0 Å². The van der Waals surface area contributed by atoms with Crippen LogP contribution in [-0.2, 0) is 16.4 Å². The van der Waals surface area contributed by atoms with Gasteiger partial charge in [0.1, 0.15) is 0 Å². The Balaban J connectivity index is 1.61. The van der Waals surface area contributed by atoms with Crippen LogP contribution in [-0.4, -0.2) is 32.4 Å². The number of hydrogen-bond donors (Lipinski definition) is 1. The van der Waals surface area contributed by atoms with Crippen LogP contribution < -0.4 is 9.62 Å². The molecular weight excluding hydrogens is 430 g/mol. The first-order valence-electron chi connectivity index (χ1n) is 10.3. The van der Waals surface area contributed by atoms with E-state index in [4.69, 9.17) is 0 Å². The van der Waals surface area contributed by atoms with Crippen molar-refractivity contribution in [1.82, 2.24) is 10.3 Å². The zero-order chi connectivity index (χ0) is 22.3. The largest absolute Gasteiger partial charge is 0.352 e. The molecule has 0 fully saturated rings. The van der Waals surface area contributed by atoms with E-state index in [1.54, 1.807) is 54.7 Å². The van der Waals surface area contributed by atoms with Gasteiger partial charge < -0.3 is 5.32 Å². The lowest BCUT2D eigenvalue weighted by atomic mass is 10.2. The van der Waals surface area contributed by atoms with Crippen LogP contribution >= 0.6 is 11.3 Å². The molecule has 0 spiro atoms. The second-order valence-corrected chi connectivity index (χ2v) is 9.93. The van der Waals surface area contributed by atoms with E-state index < -0.39 is 10.0 Å². The fourth-order valence-electron chi connectivity index (χ4n) is 3.23. The van der Waals surface area contributed by atoms with Crippen molar-refractivity contribution >= 4 is 33.0 Å². The van der Waals surface area contributed by atoms with Gasteiger partial charge >= 0.3 is 0 Å². The molecule has 6 nitrogen and oxygen atoms in total. The standard InChI is InChI=1S/C23H27N3O3S2/c1-3-26(20-11-5-4-6-12-20)31(28,29)21-13-9-10-19(16-21)23(27)24-15-8-7-14-22-25-18(2)17-30-22/h4-6,9-13,16-17H,3,7-8,14-15H2,1-2H3,(H,24,27). The number of unbranched alkanes of at least 4 members (excludes halogenated alkanes) is 1. The number of rotatable bonds is 10. The Morgan fingerprint density at radius 3 is 2.55 bits per heavy atom. The van der Waals surface area contributed by atoms with Gasteiger partial charge in [0.15, 0.2) is 0 Å². The number of carbonyl (C=O) groups excluding carboxylic acids is 1. The van der Waals surface area contributed by atoms with E-state index in [1.807, 2.05) is 18.4 Å². The summed E-state index contributed by atoms with van der Waals surface area (Å²) in [5, 5.41) is 6.03. The van der Waals surface area contributed by atoms with E-state index in [1.165, 1.54) is 16.4 Å². The predicted octanol–water partition coefficient (Wildman–Crippen LogP) is 4.42. The second-order valence-electron chi connectivity index (χ2n) is 7.13. The Kier molecular flexibility index (Phi) is 7.81. The summed E-state index contributed by atoms with van der Waals surface area (Å²) in [6.45, 7) is 4.59. The highest BCUT2D eigenvalue weighted by atomic mass is 32.2. The van der Waals surface area contributed by atoms with Gasteiger partial charge in [0.25, 0.3) is 15.9 Å². The minimum Gasteiger partial charge on any atom is -0.352 e. The summed E-state index contributed by atoms with van der Waals surface area (Å²) in [7, 11) is -3.77. The number of amides is 1. The van der Waals surface area contributed by atoms with E-state index in [9.17, 15) is 13.2 Å². The molecule has 0 saturated carbocycles. The van der Waals surface area contributed by atoms with Crippen LogP contribution in [0.2, 0.25) is 0 Å². The molecule has 31 heavy (non-hydrogen) atoms. The Morgan fingerprint density at radius 1 is 1.10 bits per heavy atom. The van der Waals surface area contributed by atoms with E-state index in [0.717, 1.165) is 30.0 Å². The number of benzene rings is 2. The zero-order valence-electron chi connectivity index (χ0n) is 17.7. The van der Waals surface area contributed by atoms with Gasteiger partial charge in [0.05, 0.1) is 15.6 Å². The molecule has 3 rings (SSSR count). The number of nitrogens with zero attached hydrogens (tertiary/aromatic N) is 2. The molecule has 0 atom stereocenters. The molecule has 0 saturated heterocycles. The lowest BCUT2D eigenvalue weighted by molar-refractivity contribution is 0.0953. The predicted molar refractivity (Wildman–Crippen MR) is 125 cm³/mol. The molecule has 1 N–H and O–H groups in total. The zero-order valence-corrected chi connectivity index (χ0v) is 19.4. The van der Waals surface area contributed by atoms with Gasteiger partial charge in [-0.1, -0.05) is 24.3 Å². The first-order chi connectivity index (χ1) is 14.9. The highest BCUT2D eigenvalue weighted by Gasteiger charge is 2.24. The summed E-state index contributed by atoms with van der Waals surface area (Å²) >= 11 is 1.66. The Labute approximate surface area is 188 Å². The number of para-hydroxylation sites is 1. The molecule has 0 bridgehead atoms. The maximum atomic E-state index is 13.2. The number of carbonyl (C=O) groups is 1. The average molecular weight is 458 g/mol. The molecular formula is C23H27N3O3S2. The van der Waals surface area contributed by atoms with Gasteiger partial charge in [0, 0.05) is 29.7 Å². The molecule has 0 radical (unpaired) electrons. The molecule has 3 aromatic rings. The van der Waals surface area contributed by atoms with Crippen LogP contribution in [0.4, 0.5) is 5.69 Å². The molecule has 0 aliphatic heterocycles.